The SMILES string of the molecule is Cc1cc(C)cc(COc2ccc3ccccc3c2/C=C2/C(=O)NC(=O)N(c3ccccc3F)C2=O)c1. The molecule has 5 rings (SSSR count). The van der Waals surface area contributed by atoms with Gasteiger partial charge in [-0.15, -0.1) is 0 Å². The molecule has 0 radical (unpaired) electrons. The summed E-state index contributed by atoms with van der Waals surface area (Å²) >= 11 is 0. The van der Waals surface area contributed by atoms with Crippen LogP contribution >= 0.6 is 0 Å². The highest BCUT2D eigenvalue weighted by atomic mass is 19.1. The predicted molar refractivity (Wildman–Crippen MR) is 140 cm³/mol. The number of amides is 4. The number of rotatable bonds is 5. The number of carbonyl (C=O) groups excluding carboxylic acids is 3. The minimum absolute atomic E-state index is 0.243. The first kappa shape index (κ1) is 23.9. The summed E-state index contributed by atoms with van der Waals surface area (Å²) in [5.74, 6) is -2.09. The summed E-state index contributed by atoms with van der Waals surface area (Å²) in [6.45, 7) is 4.30. The van der Waals surface area contributed by atoms with Gasteiger partial charge in [0.05, 0.1) is 5.69 Å². The number of benzene rings is 4. The average molecular weight is 495 g/mol. The smallest absolute Gasteiger partial charge is 0.336 e. The van der Waals surface area contributed by atoms with Gasteiger partial charge in [0.15, 0.2) is 0 Å². The topological polar surface area (TPSA) is 75.7 Å². The van der Waals surface area contributed by atoms with Gasteiger partial charge in [-0.1, -0.05) is 71.8 Å². The molecule has 4 aromatic carbocycles. The summed E-state index contributed by atoms with van der Waals surface area (Å²) in [5, 5.41) is 3.77. The number of barbiturate groups is 1. The van der Waals surface area contributed by atoms with Crippen molar-refractivity contribution in [2.45, 2.75) is 20.5 Å². The van der Waals surface area contributed by atoms with Crippen molar-refractivity contribution >= 4 is 40.4 Å². The van der Waals surface area contributed by atoms with E-state index in [1.54, 1.807) is 6.07 Å². The standard InChI is InChI=1S/C30H23FN2O4/c1-18-13-19(2)15-20(14-18)17-37-27-12-11-21-7-3-4-8-22(21)23(27)16-24-28(34)32-30(36)33(29(24)35)26-10-6-5-9-25(26)31/h3-16H,17H2,1-2H3,(H,32,34,36)/b24-16-. The van der Waals surface area contributed by atoms with Gasteiger partial charge in [-0.3, -0.25) is 14.9 Å². The Morgan fingerprint density at radius 1 is 0.892 bits per heavy atom. The van der Waals surface area contributed by atoms with Crippen molar-refractivity contribution < 1.29 is 23.5 Å². The normalized spacial score (nSPS) is 14.8. The lowest BCUT2D eigenvalue weighted by atomic mass is 9.99. The molecule has 1 aliphatic heterocycles. The van der Waals surface area contributed by atoms with E-state index in [0.717, 1.165) is 33.5 Å². The lowest BCUT2D eigenvalue weighted by Crippen LogP contribution is -2.54. The summed E-state index contributed by atoms with van der Waals surface area (Å²) in [5.41, 5.74) is 3.16. The van der Waals surface area contributed by atoms with Crippen molar-refractivity contribution in [1.29, 1.82) is 0 Å². The number of urea groups is 1. The van der Waals surface area contributed by atoms with Gasteiger partial charge in [0.25, 0.3) is 11.8 Å². The largest absolute Gasteiger partial charge is 0.488 e. The van der Waals surface area contributed by atoms with Crippen LogP contribution in [-0.2, 0) is 16.2 Å². The van der Waals surface area contributed by atoms with Crippen molar-refractivity contribution in [3.8, 4) is 5.75 Å². The van der Waals surface area contributed by atoms with Gasteiger partial charge in [0.2, 0.25) is 0 Å². The molecule has 1 saturated heterocycles. The highest BCUT2D eigenvalue weighted by molar-refractivity contribution is 6.39. The molecule has 37 heavy (non-hydrogen) atoms. The Labute approximate surface area is 213 Å². The zero-order valence-corrected chi connectivity index (χ0v) is 20.2. The summed E-state index contributed by atoms with van der Waals surface area (Å²) in [6, 6.07) is 21.7. The minimum Gasteiger partial charge on any atom is -0.488 e. The van der Waals surface area contributed by atoms with Crippen LogP contribution in [0.15, 0.2) is 84.4 Å². The Morgan fingerprint density at radius 2 is 1.59 bits per heavy atom. The Hall–Kier alpha value is -4.78. The van der Waals surface area contributed by atoms with E-state index < -0.39 is 23.7 Å². The zero-order chi connectivity index (χ0) is 26.1. The zero-order valence-electron chi connectivity index (χ0n) is 20.2. The predicted octanol–water partition coefficient (Wildman–Crippen LogP) is 5.84. The molecule has 1 heterocycles. The molecule has 0 unspecified atom stereocenters. The Bertz CT molecular complexity index is 1590. The van der Waals surface area contributed by atoms with Crippen LogP contribution in [-0.4, -0.2) is 17.8 Å². The fourth-order valence-electron chi connectivity index (χ4n) is 4.52. The third kappa shape index (κ3) is 4.71. The van der Waals surface area contributed by atoms with E-state index in [9.17, 15) is 18.8 Å². The minimum atomic E-state index is -1.01. The van der Waals surface area contributed by atoms with Gasteiger partial charge >= 0.3 is 6.03 Å². The molecule has 1 aliphatic rings. The van der Waals surface area contributed by atoms with E-state index in [0.29, 0.717) is 16.2 Å². The number of anilines is 1. The maximum Gasteiger partial charge on any atom is 0.336 e. The second-order valence-corrected chi connectivity index (χ2v) is 8.89. The third-order valence-corrected chi connectivity index (χ3v) is 6.09. The molecule has 0 aliphatic carbocycles. The lowest BCUT2D eigenvalue weighted by Gasteiger charge is -2.26. The van der Waals surface area contributed by atoms with Gasteiger partial charge in [0.1, 0.15) is 23.7 Å². The first-order valence-electron chi connectivity index (χ1n) is 11.7. The van der Waals surface area contributed by atoms with Gasteiger partial charge < -0.3 is 4.74 Å². The van der Waals surface area contributed by atoms with Gasteiger partial charge in [-0.2, -0.15) is 0 Å². The highest BCUT2D eigenvalue weighted by Gasteiger charge is 2.38. The van der Waals surface area contributed by atoms with Crippen molar-refractivity contribution in [3.63, 3.8) is 0 Å². The maximum absolute atomic E-state index is 14.5. The van der Waals surface area contributed by atoms with Crippen LogP contribution in [0.2, 0.25) is 0 Å². The number of nitrogens with zero attached hydrogens (tertiary/aromatic N) is 1. The summed E-state index contributed by atoms with van der Waals surface area (Å²) in [4.78, 5) is 39.3. The third-order valence-electron chi connectivity index (χ3n) is 6.09. The first-order chi connectivity index (χ1) is 17.8. The first-order valence-corrected chi connectivity index (χ1v) is 11.7. The molecule has 4 amide bonds. The monoisotopic (exact) mass is 494 g/mol. The number of fused-ring (bicyclic) bond motifs is 1. The molecule has 0 bridgehead atoms. The summed E-state index contributed by atoms with van der Waals surface area (Å²) in [6.07, 6.45) is 1.40. The fourth-order valence-corrected chi connectivity index (χ4v) is 4.52. The number of nitrogens with one attached hydrogen (secondary N) is 1. The van der Waals surface area contributed by atoms with E-state index in [1.165, 1.54) is 24.3 Å². The highest BCUT2D eigenvalue weighted by Crippen LogP contribution is 2.33. The Kier molecular flexibility index (Phi) is 6.27. The van der Waals surface area contributed by atoms with Crippen LogP contribution in [0, 0.1) is 19.7 Å². The van der Waals surface area contributed by atoms with Crippen molar-refractivity contribution in [1.82, 2.24) is 5.32 Å². The second-order valence-electron chi connectivity index (χ2n) is 8.89. The van der Waals surface area contributed by atoms with E-state index in [2.05, 4.69) is 11.4 Å². The Morgan fingerprint density at radius 3 is 2.35 bits per heavy atom. The van der Waals surface area contributed by atoms with Crippen molar-refractivity contribution in [3.05, 3.63) is 113 Å². The Balaban J connectivity index is 1.59. The molecule has 6 nitrogen and oxygen atoms in total. The number of hydrogen-bond acceptors (Lipinski definition) is 4. The number of ether oxygens (including phenoxy) is 1. The van der Waals surface area contributed by atoms with E-state index >= 15 is 0 Å². The van der Waals surface area contributed by atoms with Crippen LogP contribution < -0.4 is 15.0 Å². The molecule has 0 aromatic heterocycles. The molecule has 4 aromatic rings. The fraction of sp³-hybridized carbons (Fsp3) is 0.100. The van der Waals surface area contributed by atoms with Crippen LogP contribution in [0.1, 0.15) is 22.3 Å². The van der Waals surface area contributed by atoms with Crippen molar-refractivity contribution in [2.75, 3.05) is 4.90 Å². The molecule has 7 heteroatoms. The van der Waals surface area contributed by atoms with Crippen molar-refractivity contribution in [2.24, 2.45) is 0 Å². The number of imide groups is 2. The summed E-state index contributed by atoms with van der Waals surface area (Å²) < 4.78 is 20.6. The van der Waals surface area contributed by atoms with Crippen LogP contribution in [0.25, 0.3) is 16.8 Å². The number of halogens is 1. The number of para-hydroxylation sites is 1. The maximum atomic E-state index is 14.5. The second kappa shape index (κ2) is 9.70. The molecule has 1 N–H and O–H groups in total. The molecule has 1 fully saturated rings. The van der Waals surface area contributed by atoms with Crippen LogP contribution in [0.4, 0.5) is 14.9 Å². The van der Waals surface area contributed by atoms with E-state index in [4.69, 9.17) is 4.74 Å². The number of hydrogen-bond donors (Lipinski definition) is 1. The molecule has 184 valence electrons. The number of aryl methyl sites for hydroxylation is 2. The lowest BCUT2D eigenvalue weighted by molar-refractivity contribution is -0.122. The quantitative estimate of drug-likeness (QED) is 0.279. The average Bonchev–Trinajstić information content (AvgIpc) is 2.86. The molecule has 0 spiro atoms. The number of carbonyl (C=O) groups is 3. The molecule has 0 atom stereocenters. The molecular formula is C30H23FN2O4. The van der Waals surface area contributed by atoms with Gasteiger partial charge in [-0.25, -0.2) is 14.1 Å². The van der Waals surface area contributed by atoms with Crippen LogP contribution in [0.3, 0.4) is 0 Å². The van der Waals surface area contributed by atoms with E-state index in [-0.39, 0.29) is 17.9 Å². The van der Waals surface area contributed by atoms with Gasteiger partial charge in [0, 0.05) is 5.56 Å². The van der Waals surface area contributed by atoms with Gasteiger partial charge in [-0.05, 0) is 54.5 Å². The van der Waals surface area contributed by atoms with E-state index in [1.807, 2.05) is 56.3 Å². The van der Waals surface area contributed by atoms with Crippen LogP contribution in [0.5, 0.6) is 5.75 Å². The summed E-state index contributed by atoms with van der Waals surface area (Å²) in [7, 11) is 0. The molecular weight excluding hydrogens is 471 g/mol. The molecule has 0 saturated carbocycles.